The molecule has 2 heteroatoms. The van der Waals surface area contributed by atoms with Crippen molar-refractivity contribution in [1.82, 2.24) is 4.90 Å². The van der Waals surface area contributed by atoms with Crippen LogP contribution in [-0.2, 0) is 24.2 Å². The fourth-order valence-corrected chi connectivity index (χ4v) is 3.53. The molecule has 2 atom stereocenters. The van der Waals surface area contributed by atoms with Crippen molar-refractivity contribution in [1.29, 1.82) is 0 Å². The van der Waals surface area contributed by atoms with Crippen LogP contribution in [0.4, 0.5) is 0 Å². The van der Waals surface area contributed by atoms with E-state index in [1.807, 2.05) is 7.11 Å². The summed E-state index contributed by atoms with van der Waals surface area (Å²) in [7, 11) is 1.81. The molecule has 3 aromatic rings. The zero-order valence-corrected chi connectivity index (χ0v) is 16.3. The molecule has 2 unspecified atom stereocenters. The summed E-state index contributed by atoms with van der Waals surface area (Å²) in [5, 5.41) is 0. The van der Waals surface area contributed by atoms with Gasteiger partial charge in [-0.3, -0.25) is 4.90 Å². The van der Waals surface area contributed by atoms with Crippen LogP contribution < -0.4 is 0 Å². The first-order chi connectivity index (χ1) is 13.3. The molecule has 0 aliphatic rings. The van der Waals surface area contributed by atoms with Gasteiger partial charge in [0.05, 0.1) is 6.10 Å². The third-order valence-electron chi connectivity index (χ3n) is 5.13. The molecule has 0 bridgehead atoms. The van der Waals surface area contributed by atoms with Gasteiger partial charge in [-0.15, -0.1) is 0 Å². The Hall–Kier alpha value is -2.42. The molecular formula is C25H29NO. The van der Waals surface area contributed by atoms with Crippen LogP contribution in [0.2, 0.25) is 0 Å². The number of ether oxygens (including phenoxy) is 1. The number of hydrogen-bond donors (Lipinski definition) is 0. The quantitative estimate of drug-likeness (QED) is 0.512. The normalized spacial score (nSPS) is 13.4. The van der Waals surface area contributed by atoms with E-state index >= 15 is 0 Å². The molecule has 2 nitrogen and oxygen atoms in total. The minimum atomic E-state index is 0.137. The molecule has 140 valence electrons. The lowest BCUT2D eigenvalue weighted by Gasteiger charge is -2.35. The van der Waals surface area contributed by atoms with Crippen molar-refractivity contribution < 1.29 is 4.74 Å². The molecule has 0 amide bonds. The maximum Gasteiger partial charge on any atom is 0.0701 e. The number of methoxy groups -OCH3 is 1. The molecule has 0 aliphatic carbocycles. The highest BCUT2D eigenvalue weighted by Crippen LogP contribution is 2.20. The van der Waals surface area contributed by atoms with E-state index in [2.05, 4.69) is 103 Å². The van der Waals surface area contributed by atoms with Crippen molar-refractivity contribution in [3.8, 4) is 0 Å². The van der Waals surface area contributed by atoms with Crippen molar-refractivity contribution in [2.24, 2.45) is 0 Å². The first-order valence-corrected chi connectivity index (χ1v) is 9.65. The van der Waals surface area contributed by atoms with Gasteiger partial charge in [0.25, 0.3) is 0 Å². The van der Waals surface area contributed by atoms with Crippen molar-refractivity contribution in [3.05, 3.63) is 108 Å². The Bertz CT molecular complexity index is 732. The molecule has 27 heavy (non-hydrogen) atoms. The Morgan fingerprint density at radius 1 is 0.667 bits per heavy atom. The van der Waals surface area contributed by atoms with Gasteiger partial charge in [0.15, 0.2) is 0 Å². The van der Waals surface area contributed by atoms with E-state index in [-0.39, 0.29) is 12.1 Å². The van der Waals surface area contributed by atoms with Gasteiger partial charge in [0, 0.05) is 26.2 Å². The van der Waals surface area contributed by atoms with Crippen LogP contribution >= 0.6 is 0 Å². The number of nitrogens with zero attached hydrogens (tertiary/aromatic N) is 1. The van der Waals surface area contributed by atoms with Crippen LogP contribution in [0, 0.1) is 0 Å². The minimum absolute atomic E-state index is 0.137. The summed E-state index contributed by atoms with van der Waals surface area (Å²) in [6, 6.07) is 32.4. The summed E-state index contributed by atoms with van der Waals surface area (Å²) in [4.78, 5) is 2.55. The lowest BCUT2D eigenvalue weighted by Crippen LogP contribution is -2.44. The van der Waals surface area contributed by atoms with Gasteiger partial charge in [0.2, 0.25) is 0 Å². The third kappa shape index (κ3) is 5.78. The second-order valence-corrected chi connectivity index (χ2v) is 7.07. The van der Waals surface area contributed by atoms with E-state index in [4.69, 9.17) is 4.74 Å². The van der Waals surface area contributed by atoms with Crippen molar-refractivity contribution in [3.63, 3.8) is 0 Å². The maximum atomic E-state index is 5.80. The van der Waals surface area contributed by atoms with Gasteiger partial charge in [-0.2, -0.15) is 0 Å². The van der Waals surface area contributed by atoms with E-state index < -0.39 is 0 Å². The largest absolute Gasteiger partial charge is 0.380 e. The number of hydrogen-bond acceptors (Lipinski definition) is 2. The zero-order valence-electron chi connectivity index (χ0n) is 16.3. The molecule has 0 aromatic heterocycles. The fraction of sp³-hybridized carbons (Fsp3) is 0.280. The molecular weight excluding hydrogens is 330 g/mol. The lowest BCUT2D eigenvalue weighted by atomic mass is 9.98. The van der Waals surface area contributed by atoms with Gasteiger partial charge in [0.1, 0.15) is 0 Å². The predicted molar refractivity (Wildman–Crippen MR) is 113 cm³/mol. The van der Waals surface area contributed by atoms with Crippen LogP contribution in [0.15, 0.2) is 91.0 Å². The monoisotopic (exact) mass is 359 g/mol. The van der Waals surface area contributed by atoms with Crippen LogP contribution in [0.5, 0.6) is 0 Å². The Morgan fingerprint density at radius 2 is 1.07 bits per heavy atom. The molecule has 0 spiro atoms. The molecule has 3 aromatic carbocycles. The van der Waals surface area contributed by atoms with Crippen molar-refractivity contribution in [2.75, 3.05) is 7.11 Å². The Labute approximate surface area is 163 Å². The smallest absolute Gasteiger partial charge is 0.0701 e. The minimum Gasteiger partial charge on any atom is -0.380 e. The Balaban J connectivity index is 1.88. The van der Waals surface area contributed by atoms with Gasteiger partial charge in [-0.1, -0.05) is 91.0 Å². The van der Waals surface area contributed by atoms with Gasteiger partial charge >= 0.3 is 0 Å². The summed E-state index contributed by atoms with van der Waals surface area (Å²) < 4.78 is 5.80. The molecule has 0 radical (unpaired) electrons. The first-order valence-electron chi connectivity index (χ1n) is 9.65. The van der Waals surface area contributed by atoms with Crippen LogP contribution in [0.1, 0.15) is 23.6 Å². The van der Waals surface area contributed by atoms with Crippen LogP contribution in [0.25, 0.3) is 0 Å². The predicted octanol–water partition coefficient (Wildman–Crippen LogP) is 5.34. The highest BCUT2D eigenvalue weighted by atomic mass is 16.5. The molecule has 0 aliphatic heterocycles. The van der Waals surface area contributed by atoms with E-state index in [1.165, 1.54) is 16.7 Å². The highest BCUT2D eigenvalue weighted by molar-refractivity contribution is 5.20. The standard InChI is InChI=1S/C25H29NO/c1-21(27-2)25(18-22-12-6-3-7-13-22)26(19-23-14-8-4-9-15-23)20-24-16-10-5-11-17-24/h3-17,21,25H,18-20H2,1-2H3. The van der Waals surface area contributed by atoms with Crippen molar-refractivity contribution in [2.45, 2.75) is 38.6 Å². The molecule has 0 saturated heterocycles. The Morgan fingerprint density at radius 3 is 1.48 bits per heavy atom. The number of rotatable bonds is 9. The Kier molecular flexibility index (Phi) is 7.20. The lowest BCUT2D eigenvalue weighted by molar-refractivity contribution is 0.0177. The van der Waals surface area contributed by atoms with Gasteiger partial charge < -0.3 is 4.74 Å². The maximum absolute atomic E-state index is 5.80. The highest BCUT2D eigenvalue weighted by Gasteiger charge is 2.25. The second kappa shape index (κ2) is 10.1. The van der Waals surface area contributed by atoms with E-state index in [9.17, 15) is 0 Å². The summed E-state index contributed by atoms with van der Waals surface area (Å²) in [5.74, 6) is 0. The first kappa shape index (κ1) is 19.3. The SMILES string of the molecule is COC(C)C(Cc1ccccc1)N(Cc1ccccc1)Cc1ccccc1. The molecule has 0 heterocycles. The van der Waals surface area contributed by atoms with E-state index in [0.29, 0.717) is 0 Å². The second-order valence-electron chi connectivity index (χ2n) is 7.07. The topological polar surface area (TPSA) is 12.5 Å². The summed E-state index contributed by atoms with van der Waals surface area (Å²) >= 11 is 0. The molecule has 0 N–H and O–H groups in total. The van der Waals surface area contributed by atoms with Crippen LogP contribution in [-0.4, -0.2) is 24.2 Å². The van der Waals surface area contributed by atoms with Crippen LogP contribution in [0.3, 0.4) is 0 Å². The zero-order chi connectivity index (χ0) is 18.9. The number of benzene rings is 3. The third-order valence-corrected chi connectivity index (χ3v) is 5.13. The van der Waals surface area contributed by atoms with Crippen molar-refractivity contribution >= 4 is 0 Å². The average Bonchev–Trinajstić information content (AvgIpc) is 2.73. The molecule has 3 rings (SSSR count). The van der Waals surface area contributed by atoms with E-state index in [1.54, 1.807) is 0 Å². The summed E-state index contributed by atoms with van der Waals surface area (Å²) in [6.07, 6.45) is 1.10. The summed E-state index contributed by atoms with van der Waals surface area (Å²) in [5.41, 5.74) is 4.00. The molecule has 0 saturated carbocycles. The average molecular weight is 360 g/mol. The van der Waals surface area contributed by atoms with Gasteiger partial charge in [-0.25, -0.2) is 0 Å². The molecule has 0 fully saturated rings. The fourth-order valence-electron chi connectivity index (χ4n) is 3.53. The van der Waals surface area contributed by atoms with E-state index in [0.717, 1.165) is 19.5 Å². The summed E-state index contributed by atoms with van der Waals surface area (Å²) in [6.45, 7) is 3.98. The van der Waals surface area contributed by atoms with Gasteiger partial charge in [-0.05, 0) is 30.0 Å².